The first-order valence-corrected chi connectivity index (χ1v) is 4.87. The fourth-order valence-electron chi connectivity index (χ4n) is 1.14. The lowest BCUT2D eigenvalue weighted by atomic mass is 9.96. The number of ketones is 1. The van der Waals surface area contributed by atoms with Crippen LogP contribution < -0.4 is 5.32 Å². The zero-order valence-corrected chi connectivity index (χ0v) is 9.39. The van der Waals surface area contributed by atoms with E-state index in [1.807, 2.05) is 13.8 Å². The largest absolute Gasteiger partial charge is 0.342 e. The van der Waals surface area contributed by atoms with E-state index in [2.05, 4.69) is 11.9 Å². The second-order valence-corrected chi connectivity index (χ2v) is 3.73. The number of amides is 1. The van der Waals surface area contributed by atoms with Crippen LogP contribution in [0.15, 0.2) is 12.2 Å². The summed E-state index contributed by atoms with van der Waals surface area (Å²) in [4.78, 5) is 22.6. The molecular weight excluding hydrogens is 178 g/mol. The van der Waals surface area contributed by atoms with Gasteiger partial charge in [-0.2, -0.15) is 0 Å². The summed E-state index contributed by atoms with van der Waals surface area (Å²) in [6.07, 6.45) is 0.862. The zero-order chi connectivity index (χ0) is 11.3. The lowest BCUT2D eigenvalue weighted by molar-refractivity contribution is -0.125. The van der Waals surface area contributed by atoms with Gasteiger partial charge < -0.3 is 5.32 Å². The summed E-state index contributed by atoms with van der Waals surface area (Å²) in [6.45, 7) is 10.6. The Labute approximate surface area is 85.6 Å². The van der Waals surface area contributed by atoms with Gasteiger partial charge in [0.05, 0.1) is 6.04 Å². The van der Waals surface area contributed by atoms with Gasteiger partial charge in [0.15, 0.2) is 5.78 Å². The highest BCUT2D eigenvalue weighted by molar-refractivity contribution is 5.96. The molecule has 0 aliphatic heterocycles. The van der Waals surface area contributed by atoms with Gasteiger partial charge in [-0.25, -0.2) is 0 Å². The molecule has 3 nitrogen and oxygen atoms in total. The summed E-state index contributed by atoms with van der Waals surface area (Å²) in [5, 5.41) is 2.68. The molecule has 1 amide bonds. The van der Waals surface area contributed by atoms with Crippen LogP contribution in [0.1, 0.15) is 34.1 Å². The Kier molecular flexibility index (Phi) is 5.13. The SMILES string of the molecule is C=C(C)C(=O)NC(C(C)=O)C(C)CC. The molecule has 0 aromatic rings. The molecule has 0 radical (unpaired) electrons. The summed E-state index contributed by atoms with van der Waals surface area (Å²) >= 11 is 0. The molecule has 0 bridgehead atoms. The van der Waals surface area contributed by atoms with Crippen LogP contribution in [0.4, 0.5) is 0 Å². The van der Waals surface area contributed by atoms with Crippen molar-refractivity contribution in [3.8, 4) is 0 Å². The number of nitrogens with one attached hydrogen (secondary N) is 1. The van der Waals surface area contributed by atoms with Crippen molar-refractivity contribution in [3.05, 3.63) is 12.2 Å². The molecule has 1 N–H and O–H groups in total. The molecule has 0 heterocycles. The molecular formula is C11H19NO2. The highest BCUT2D eigenvalue weighted by Gasteiger charge is 2.22. The maximum atomic E-state index is 11.3. The Morgan fingerprint density at radius 1 is 1.36 bits per heavy atom. The van der Waals surface area contributed by atoms with Gasteiger partial charge in [-0.3, -0.25) is 9.59 Å². The Morgan fingerprint density at radius 2 is 1.86 bits per heavy atom. The van der Waals surface area contributed by atoms with E-state index in [0.717, 1.165) is 6.42 Å². The maximum absolute atomic E-state index is 11.3. The van der Waals surface area contributed by atoms with E-state index in [1.54, 1.807) is 6.92 Å². The number of rotatable bonds is 5. The lowest BCUT2D eigenvalue weighted by Gasteiger charge is -2.21. The summed E-state index contributed by atoms with van der Waals surface area (Å²) in [5.41, 5.74) is 0.430. The van der Waals surface area contributed by atoms with E-state index in [9.17, 15) is 9.59 Å². The first-order chi connectivity index (χ1) is 6.40. The van der Waals surface area contributed by atoms with Gasteiger partial charge in [-0.15, -0.1) is 0 Å². The summed E-state index contributed by atoms with van der Waals surface area (Å²) < 4.78 is 0. The van der Waals surface area contributed by atoms with Crippen molar-refractivity contribution < 1.29 is 9.59 Å². The minimum absolute atomic E-state index is 0.00560. The van der Waals surface area contributed by atoms with Gasteiger partial charge in [0, 0.05) is 5.57 Å². The number of carbonyl (C=O) groups excluding carboxylic acids is 2. The summed E-state index contributed by atoms with van der Waals surface area (Å²) in [7, 11) is 0. The third kappa shape index (κ3) is 3.73. The molecule has 2 unspecified atom stereocenters. The number of hydrogen-bond acceptors (Lipinski definition) is 2. The Morgan fingerprint density at radius 3 is 2.14 bits per heavy atom. The number of hydrogen-bond donors (Lipinski definition) is 1. The van der Waals surface area contributed by atoms with Crippen molar-refractivity contribution in [2.24, 2.45) is 5.92 Å². The van der Waals surface area contributed by atoms with Crippen LogP contribution in [0.2, 0.25) is 0 Å². The average Bonchev–Trinajstić information content (AvgIpc) is 2.11. The van der Waals surface area contributed by atoms with Gasteiger partial charge in [-0.05, 0) is 19.8 Å². The molecule has 0 aliphatic rings. The van der Waals surface area contributed by atoms with Gasteiger partial charge in [0.1, 0.15) is 0 Å². The van der Waals surface area contributed by atoms with Crippen LogP contribution in [0.25, 0.3) is 0 Å². The fraction of sp³-hybridized carbons (Fsp3) is 0.636. The van der Waals surface area contributed by atoms with Gasteiger partial charge in [0.2, 0.25) is 5.91 Å². The second kappa shape index (κ2) is 5.58. The fourth-order valence-corrected chi connectivity index (χ4v) is 1.14. The van der Waals surface area contributed by atoms with Crippen LogP contribution in [0, 0.1) is 5.92 Å². The Bertz CT molecular complexity index is 246. The molecule has 0 saturated carbocycles. The van der Waals surface area contributed by atoms with Gasteiger partial charge in [-0.1, -0.05) is 26.8 Å². The highest BCUT2D eigenvalue weighted by Crippen LogP contribution is 2.09. The minimum atomic E-state index is -0.385. The van der Waals surface area contributed by atoms with E-state index in [-0.39, 0.29) is 23.7 Å². The molecule has 3 heteroatoms. The van der Waals surface area contributed by atoms with Crippen LogP contribution >= 0.6 is 0 Å². The average molecular weight is 197 g/mol. The maximum Gasteiger partial charge on any atom is 0.246 e. The predicted molar refractivity (Wildman–Crippen MR) is 56.9 cm³/mol. The molecule has 0 rings (SSSR count). The monoisotopic (exact) mass is 197 g/mol. The molecule has 0 aromatic carbocycles. The van der Waals surface area contributed by atoms with Crippen LogP contribution in [-0.2, 0) is 9.59 Å². The Hall–Kier alpha value is -1.12. The summed E-state index contributed by atoms with van der Waals surface area (Å²) in [6, 6.07) is -0.385. The van der Waals surface area contributed by atoms with E-state index in [0.29, 0.717) is 5.57 Å². The second-order valence-electron chi connectivity index (χ2n) is 3.73. The predicted octanol–water partition coefficient (Wildman–Crippen LogP) is 1.68. The molecule has 0 spiro atoms. The van der Waals surface area contributed by atoms with Crippen molar-refractivity contribution in [2.45, 2.75) is 40.2 Å². The zero-order valence-electron chi connectivity index (χ0n) is 9.39. The van der Waals surface area contributed by atoms with Crippen LogP contribution in [0.5, 0.6) is 0 Å². The lowest BCUT2D eigenvalue weighted by Crippen LogP contribution is -2.44. The van der Waals surface area contributed by atoms with E-state index in [1.165, 1.54) is 6.92 Å². The molecule has 2 atom stereocenters. The first kappa shape index (κ1) is 12.9. The third-order valence-electron chi connectivity index (χ3n) is 2.33. The van der Waals surface area contributed by atoms with Crippen LogP contribution in [-0.4, -0.2) is 17.7 Å². The van der Waals surface area contributed by atoms with Crippen molar-refractivity contribution in [3.63, 3.8) is 0 Å². The third-order valence-corrected chi connectivity index (χ3v) is 2.33. The molecule has 0 saturated heterocycles. The number of carbonyl (C=O) groups is 2. The van der Waals surface area contributed by atoms with Crippen LogP contribution in [0.3, 0.4) is 0 Å². The quantitative estimate of drug-likeness (QED) is 0.682. The topological polar surface area (TPSA) is 46.2 Å². The van der Waals surface area contributed by atoms with E-state index in [4.69, 9.17) is 0 Å². The van der Waals surface area contributed by atoms with Gasteiger partial charge >= 0.3 is 0 Å². The molecule has 0 fully saturated rings. The standard InChI is InChI=1S/C11H19NO2/c1-6-8(4)10(9(5)13)12-11(14)7(2)3/h8,10H,2,6H2,1,3-5H3,(H,12,14). The van der Waals surface area contributed by atoms with Crippen molar-refractivity contribution >= 4 is 11.7 Å². The molecule has 0 aliphatic carbocycles. The Balaban J connectivity index is 4.46. The smallest absolute Gasteiger partial charge is 0.246 e. The minimum Gasteiger partial charge on any atom is -0.342 e. The molecule has 0 aromatic heterocycles. The van der Waals surface area contributed by atoms with Crippen molar-refractivity contribution in [1.82, 2.24) is 5.32 Å². The van der Waals surface area contributed by atoms with Crippen molar-refractivity contribution in [2.75, 3.05) is 0 Å². The van der Waals surface area contributed by atoms with E-state index < -0.39 is 0 Å². The first-order valence-electron chi connectivity index (χ1n) is 4.87. The van der Waals surface area contributed by atoms with E-state index >= 15 is 0 Å². The molecule has 80 valence electrons. The highest BCUT2D eigenvalue weighted by atomic mass is 16.2. The van der Waals surface area contributed by atoms with Gasteiger partial charge in [0.25, 0.3) is 0 Å². The number of Topliss-reactive ketones (excluding diaryl/α,β-unsaturated/α-hetero) is 1. The normalized spacial score (nSPS) is 14.3. The molecule has 14 heavy (non-hydrogen) atoms. The summed E-state index contributed by atoms with van der Waals surface area (Å²) in [5.74, 6) is -0.0877. The van der Waals surface area contributed by atoms with Crippen molar-refractivity contribution in [1.29, 1.82) is 0 Å².